The van der Waals surface area contributed by atoms with Crippen LogP contribution in [0.15, 0.2) is 30.5 Å². The molecule has 2 N–H and O–H groups in total. The number of hydrogen-bond donors (Lipinski definition) is 2. The van der Waals surface area contributed by atoms with Crippen LogP contribution in [0, 0.1) is 6.92 Å². The molecule has 1 aromatic heterocycles. The van der Waals surface area contributed by atoms with Crippen molar-refractivity contribution in [2.75, 3.05) is 14.2 Å². The molecule has 0 spiro atoms. The average Bonchev–Trinajstić information content (AvgIpc) is 2.62. The number of aryl methyl sites for hydroxylation is 3. The fourth-order valence-corrected chi connectivity index (χ4v) is 3.75. The third-order valence-electron chi connectivity index (χ3n) is 5.01. The van der Waals surface area contributed by atoms with Crippen LogP contribution in [0.2, 0.25) is 0 Å². The first kappa shape index (κ1) is 15.6. The van der Waals surface area contributed by atoms with E-state index in [0.717, 1.165) is 46.1 Å². The number of nitrogens with zero attached hydrogens (tertiary/aromatic N) is 1. The van der Waals surface area contributed by atoms with E-state index in [1.54, 1.807) is 26.4 Å². The zero-order chi connectivity index (χ0) is 17.7. The van der Waals surface area contributed by atoms with E-state index in [-0.39, 0.29) is 11.5 Å². The molecule has 2 heterocycles. The Hall–Kier alpha value is -2.95. The summed E-state index contributed by atoms with van der Waals surface area (Å²) >= 11 is 0. The second-order valence-corrected chi connectivity index (χ2v) is 6.30. The van der Waals surface area contributed by atoms with E-state index in [1.807, 2.05) is 18.3 Å². The number of aromatic nitrogens is 1. The lowest BCUT2D eigenvalue weighted by Gasteiger charge is -2.19. The molecule has 0 bridgehead atoms. The van der Waals surface area contributed by atoms with Crippen molar-refractivity contribution >= 4 is 10.8 Å². The van der Waals surface area contributed by atoms with Gasteiger partial charge in [-0.3, -0.25) is 0 Å². The van der Waals surface area contributed by atoms with Crippen molar-refractivity contribution in [2.45, 2.75) is 19.9 Å². The fourth-order valence-electron chi connectivity index (χ4n) is 3.75. The van der Waals surface area contributed by atoms with Gasteiger partial charge in [-0.25, -0.2) is 0 Å². The van der Waals surface area contributed by atoms with Gasteiger partial charge >= 0.3 is 0 Å². The minimum Gasteiger partial charge on any atom is -0.504 e. The van der Waals surface area contributed by atoms with E-state index in [2.05, 4.69) is 11.5 Å². The Balaban J connectivity index is 2.05. The molecule has 5 nitrogen and oxygen atoms in total. The van der Waals surface area contributed by atoms with Gasteiger partial charge < -0.3 is 19.7 Å². The van der Waals surface area contributed by atoms with Crippen molar-refractivity contribution in [2.24, 2.45) is 0 Å². The lowest BCUT2D eigenvalue weighted by Crippen LogP contribution is -2.40. The van der Waals surface area contributed by atoms with Crippen LogP contribution in [0.1, 0.15) is 11.1 Å². The molecule has 0 fully saturated rings. The van der Waals surface area contributed by atoms with Gasteiger partial charge in [0, 0.05) is 17.4 Å². The number of aromatic hydroxyl groups is 2. The Morgan fingerprint density at radius 3 is 2.48 bits per heavy atom. The highest BCUT2D eigenvalue weighted by molar-refractivity contribution is 5.94. The highest BCUT2D eigenvalue weighted by Gasteiger charge is 2.29. The summed E-state index contributed by atoms with van der Waals surface area (Å²) in [6.45, 7) is 2.83. The van der Waals surface area contributed by atoms with Gasteiger partial charge in [0.25, 0.3) is 0 Å². The smallest absolute Gasteiger partial charge is 0.216 e. The van der Waals surface area contributed by atoms with Crippen LogP contribution in [0.3, 0.4) is 0 Å². The number of rotatable bonds is 2. The molecule has 0 saturated heterocycles. The van der Waals surface area contributed by atoms with Gasteiger partial charge in [-0.05, 0) is 36.8 Å². The Labute approximate surface area is 145 Å². The summed E-state index contributed by atoms with van der Waals surface area (Å²) in [7, 11) is 3.10. The lowest BCUT2D eigenvalue weighted by atomic mass is 9.92. The maximum absolute atomic E-state index is 10.5. The van der Waals surface area contributed by atoms with Crippen LogP contribution in [-0.2, 0) is 13.0 Å². The lowest BCUT2D eigenvalue weighted by molar-refractivity contribution is -0.686. The summed E-state index contributed by atoms with van der Waals surface area (Å²) in [4.78, 5) is 0. The van der Waals surface area contributed by atoms with Crippen molar-refractivity contribution in [1.29, 1.82) is 0 Å². The molecule has 25 heavy (non-hydrogen) atoms. The van der Waals surface area contributed by atoms with E-state index in [0.29, 0.717) is 11.5 Å². The maximum atomic E-state index is 10.5. The van der Waals surface area contributed by atoms with Crippen molar-refractivity contribution < 1.29 is 24.3 Å². The molecule has 5 heteroatoms. The largest absolute Gasteiger partial charge is 0.504 e. The summed E-state index contributed by atoms with van der Waals surface area (Å²) in [5.41, 5.74) is 4.30. The Morgan fingerprint density at radius 1 is 1.00 bits per heavy atom. The monoisotopic (exact) mass is 338 g/mol. The topological polar surface area (TPSA) is 62.8 Å². The quantitative estimate of drug-likeness (QED) is 0.705. The van der Waals surface area contributed by atoms with Crippen molar-refractivity contribution in [1.82, 2.24) is 0 Å². The molecule has 2 aromatic carbocycles. The molecule has 0 unspecified atom stereocenters. The number of ether oxygens (including phenoxy) is 2. The van der Waals surface area contributed by atoms with Gasteiger partial charge in [0.1, 0.15) is 0 Å². The van der Waals surface area contributed by atoms with Crippen LogP contribution in [0.25, 0.3) is 22.0 Å². The number of methoxy groups -OCH3 is 2. The van der Waals surface area contributed by atoms with Gasteiger partial charge in [0.15, 0.2) is 35.7 Å². The Morgan fingerprint density at radius 2 is 1.76 bits per heavy atom. The summed E-state index contributed by atoms with van der Waals surface area (Å²) < 4.78 is 12.7. The standard InChI is InChI=1S/C20H19NO4/c1-11-13-4-5-17(24-2)20(23)15(13)10-21-7-6-12-8-16(22)18(25-3)9-14(12)19(11)21/h4-5,8-10H,6-7H2,1-3H3,(H,22,23)/p+1. The Bertz CT molecular complexity index is 1010. The molecule has 0 saturated carbocycles. The third-order valence-corrected chi connectivity index (χ3v) is 5.01. The zero-order valence-electron chi connectivity index (χ0n) is 14.5. The molecule has 0 atom stereocenters. The highest BCUT2D eigenvalue weighted by Crippen LogP contribution is 2.41. The van der Waals surface area contributed by atoms with E-state index >= 15 is 0 Å². The molecule has 0 amide bonds. The maximum Gasteiger partial charge on any atom is 0.216 e. The molecular formula is C20H20NO4+. The number of phenols is 2. The van der Waals surface area contributed by atoms with Gasteiger partial charge in [-0.1, -0.05) is 0 Å². The zero-order valence-corrected chi connectivity index (χ0v) is 14.5. The summed E-state index contributed by atoms with van der Waals surface area (Å²) in [5, 5.41) is 22.3. The summed E-state index contributed by atoms with van der Waals surface area (Å²) in [6.07, 6.45) is 2.78. The predicted molar refractivity (Wildman–Crippen MR) is 94.5 cm³/mol. The third kappa shape index (κ3) is 2.19. The molecule has 128 valence electrons. The van der Waals surface area contributed by atoms with Crippen LogP contribution < -0.4 is 14.0 Å². The van der Waals surface area contributed by atoms with Crippen LogP contribution >= 0.6 is 0 Å². The predicted octanol–water partition coefficient (Wildman–Crippen LogP) is 3.09. The second kappa shape index (κ2) is 5.55. The van der Waals surface area contributed by atoms with E-state index < -0.39 is 0 Å². The highest BCUT2D eigenvalue weighted by atomic mass is 16.5. The van der Waals surface area contributed by atoms with Crippen molar-refractivity contribution in [3.63, 3.8) is 0 Å². The number of fused-ring (bicyclic) bond motifs is 4. The number of phenolic OH excluding ortho intramolecular Hbond substituents is 2. The summed E-state index contributed by atoms with van der Waals surface area (Å²) in [5.74, 6) is 1.25. The van der Waals surface area contributed by atoms with Crippen LogP contribution in [0.5, 0.6) is 23.0 Å². The molecule has 4 rings (SSSR count). The minimum absolute atomic E-state index is 0.160. The molecule has 1 aliphatic heterocycles. The molecule has 1 aliphatic rings. The van der Waals surface area contributed by atoms with Gasteiger partial charge in [-0.15, -0.1) is 0 Å². The molecular weight excluding hydrogens is 318 g/mol. The average molecular weight is 338 g/mol. The SMILES string of the molecule is COc1cc2c(cc1O)CC[n+]1cc3c(O)c(OC)ccc3c(C)c1-2. The number of benzene rings is 2. The van der Waals surface area contributed by atoms with Crippen molar-refractivity contribution in [3.8, 4) is 34.3 Å². The van der Waals surface area contributed by atoms with Crippen molar-refractivity contribution in [3.05, 3.63) is 41.6 Å². The normalized spacial score (nSPS) is 12.6. The minimum atomic E-state index is 0.160. The van der Waals surface area contributed by atoms with Crippen LogP contribution in [0.4, 0.5) is 0 Å². The molecule has 0 radical (unpaired) electrons. The van der Waals surface area contributed by atoms with E-state index in [9.17, 15) is 10.2 Å². The van der Waals surface area contributed by atoms with Crippen LogP contribution in [-0.4, -0.2) is 24.4 Å². The Kier molecular flexibility index (Phi) is 3.46. The first-order chi connectivity index (χ1) is 12.0. The fraction of sp³-hybridized carbons (Fsp3) is 0.250. The van der Waals surface area contributed by atoms with Gasteiger partial charge in [-0.2, -0.15) is 4.57 Å². The molecule has 0 aliphatic carbocycles. The molecule has 3 aromatic rings. The van der Waals surface area contributed by atoms with Gasteiger partial charge in [0.05, 0.1) is 25.2 Å². The second-order valence-electron chi connectivity index (χ2n) is 6.30. The van der Waals surface area contributed by atoms with Gasteiger partial charge in [0.2, 0.25) is 5.69 Å². The van der Waals surface area contributed by atoms with E-state index in [4.69, 9.17) is 9.47 Å². The summed E-state index contributed by atoms with van der Waals surface area (Å²) in [6, 6.07) is 7.42. The van der Waals surface area contributed by atoms with E-state index in [1.165, 1.54) is 0 Å². The number of pyridine rings is 1. The first-order valence-electron chi connectivity index (χ1n) is 8.18. The number of hydrogen-bond acceptors (Lipinski definition) is 4. The first-order valence-corrected chi connectivity index (χ1v) is 8.18.